The summed E-state index contributed by atoms with van der Waals surface area (Å²) in [5, 5.41) is 7.08. The van der Waals surface area contributed by atoms with Crippen molar-refractivity contribution in [1.82, 2.24) is 10.2 Å². The molecule has 1 aromatic rings. The van der Waals surface area contributed by atoms with Crippen molar-refractivity contribution in [2.24, 2.45) is 0 Å². The molecule has 0 saturated heterocycles. The highest BCUT2D eigenvalue weighted by Crippen LogP contribution is 2.24. The Labute approximate surface area is 68.0 Å². The first-order valence-electron chi connectivity index (χ1n) is 4.09. The van der Waals surface area contributed by atoms with Crippen LogP contribution in [0.3, 0.4) is 0 Å². The molecule has 0 fully saturated rings. The third kappa shape index (κ3) is 1.62. The molecule has 1 heterocycles. The molecule has 0 aliphatic heterocycles. The number of aromatic amines is 1. The lowest BCUT2D eigenvalue weighted by Gasteiger charge is -2.17. The predicted octanol–water partition coefficient (Wildman–Crippen LogP) is 2.27. The van der Waals surface area contributed by atoms with E-state index in [9.17, 15) is 0 Å². The topological polar surface area (TPSA) is 28.7 Å². The summed E-state index contributed by atoms with van der Waals surface area (Å²) >= 11 is 0. The third-order valence-electron chi connectivity index (χ3n) is 1.86. The number of hydrogen-bond acceptors (Lipinski definition) is 1. The van der Waals surface area contributed by atoms with Crippen LogP contribution in [0.25, 0.3) is 0 Å². The number of nitrogens with one attached hydrogen (secondary N) is 1. The Morgan fingerprint density at radius 3 is 2.45 bits per heavy atom. The quantitative estimate of drug-likeness (QED) is 0.657. The molecule has 0 spiro atoms. The average molecular weight is 152 g/mol. The van der Waals surface area contributed by atoms with Gasteiger partial charge in [0.1, 0.15) is 0 Å². The van der Waals surface area contributed by atoms with Gasteiger partial charge in [0.2, 0.25) is 0 Å². The van der Waals surface area contributed by atoms with Gasteiger partial charge in [0.25, 0.3) is 0 Å². The molecule has 1 N–H and O–H groups in total. The van der Waals surface area contributed by atoms with Crippen molar-refractivity contribution in [1.29, 1.82) is 0 Å². The number of nitrogens with zero attached hydrogens (tertiary/aromatic N) is 1. The van der Waals surface area contributed by atoms with Crippen LogP contribution in [0.15, 0.2) is 6.20 Å². The molecule has 0 amide bonds. The second-order valence-corrected chi connectivity index (χ2v) is 3.85. The van der Waals surface area contributed by atoms with E-state index in [0.29, 0.717) is 0 Å². The van der Waals surface area contributed by atoms with Gasteiger partial charge in [-0.05, 0) is 17.4 Å². The summed E-state index contributed by atoms with van der Waals surface area (Å²) in [5.74, 6) is 0. The Hall–Kier alpha value is -0.790. The summed E-state index contributed by atoms with van der Waals surface area (Å²) in [5.41, 5.74) is 2.75. The maximum atomic E-state index is 4.18. The largest absolute Gasteiger partial charge is 0.285 e. The summed E-state index contributed by atoms with van der Waals surface area (Å²) in [6.45, 7) is 8.75. The standard InChI is InChI=1S/C9H16N2/c1-5-8-7(6-10-11-8)9(2,3)4/h6H,5H2,1-4H3,(H,10,11). The highest BCUT2D eigenvalue weighted by atomic mass is 15.1. The number of aryl methyl sites for hydroxylation is 1. The van der Waals surface area contributed by atoms with Crippen LogP contribution in [0.1, 0.15) is 39.0 Å². The van der Waals surface area contributed by atoms with Crippen LogP contribution in [0.4, 0.5) is 0 Å². The summed E-state index contributed by atoms with van der Waals surface area (Å²) in [7, 11) is 0. The van der Waals surface area contributed by atoms with Gasteiger partial charge in [-0.3, -0.25) is 5.10 Å². The zero-order valence-electron chi connectivity index (χ0n) is 7.73. The summed E-state index contributed by atoms with van der Waals surface area (Å²) < 4.78 is 0. The van der Waals surface area contributed by atoms with Crippen LogP contribution >= 0.6 is 0 Å². The van der Waals surface area contributed by atoms with Crippen LogP contribution in [0, 0.1) is 0 Å². The molecule has 11 heavy (non-hydrogen) atoms. The molecule has 62 valence electrons. The van der Waals surface area contributed by atoms with Crippen LogP contribution in [-0.2, 0) is 11.8 Å². The minimum atomic E-state index is 0.221. The molecule has 0 unspecified atom stereocenters. The first kappa shape index (κ1) is 8.31. The van der Waals surface area contributed by atoms with Crippen molar-refractivity contribution in [2.45, 2.75) is 39.5 Å². The predicted molar refractivity (Wildman–Crippen MR) is 46.7 cm³/mol. The minimum Gasteiger partial charge on any atom is -0.285 e. The Morgan fingerprint density at radius 2 is 2.09 bits per heavy atom. The van der Waals surface area contributed by atoms with Crippen molar-refractivity contribution in [3.05, 3.63) is 17.5 Å². The number of rotatable bonds is 1. The first-order valence-corrected chi connectivity index (χ1v) is 4.09. The molecule has 1 aromatic heterocycles. The summed E-state index contributed by atoms with van der Waals surface area (Å²) in [6, 6.07) is 0. The van der Waals surface area contributed by atoms with Crippen LogP contribution in [0.2, 0.25) is 0 Å². The van der Waals surface area contributed by atoms with Gasteiger partial charge in [-0.1, -0.05) is 27.7 Å². The molecule has 0 bridgehead atoms. The summed E-state index contributed by atoms with van der Waals surface area (Å²) in [4.78, 5) is 0. The first-order chi connectivity index (χ1) is 5.05. The molecule has 0 saturated carbocycles. The minimum absolute atomic E-state index is 0.221. The van der Waals surface area contributed by atoms with Crippen molar-refractivity contribution in [3.63, 3.8) is 0 Å². The zero-order valence-corrected chi connectivity index (χ0v) is 7.73. The molecule has 2 heteroatoms. The number of aromatic nitrogens is 2. The summed E-state index contributed by atoms with van der Waals surface area (Å²) in [6.07, 6.45) is 3.01. The normalized spacial score (nSPS) is 12.0. The molecule has 0 atom stereocenters. The Kier molecular flexibility index (Phi) is 2.03. The van der Waals surface area contributed by atoms with Crippen molar-refractivity contribution < 1.29 is 0 Å². The van der Waals surface area contributed by atoms with E-state index in [-0.39, 0.29) is 5.41 Å². The monoisotopic (exact) mass is 152 g/mol. The second-order valence-electron chi connectivity index (χ2n) is 3.85. The average Bonchev–Trinajstić information content (AvgIpc) is 2.31. The molecule has 2 nitrogen and oxygen atoms in total. The Morgan fingerprint density at radius 1 is 1.45 bits per heavy atom. The molecule has 0 radical (unpaired) electrons. The smallest absolute Gasteiger partial charge is 0.0656 e. The SMILES string of the molecule is CCc1n[nH]cc1C(C)(C)C. The van der Waals surface area contributed by atoms with E-state index in [2.05, 4.69) is 37.9 Å². The van der Waals surface area contributed by atoms with Crippen molar-refractivity contribution in [3.8, 4) is 0 Å². The second kappa shape index (κ2) is 2.68. The van der Waals surface area contributed by atoms with Gasteiger partial charge in [0.15, 0.2) is 0 Å². The zero-order chi connectivity index (χ0) is 8.48. The fraction of sp³-hybridized carbons (Fsp3) is 0.667. The van der Waals surface area contributed by atoms with Gasteiger partial charge in [-0.25, -0.2) is 0 Å². The van der Waals surface area contributed by atoms with E-state index in [0.717, 1.165) is 6.42 Å². The fourth-order valence-electron chi connectivity index (χ4n) is 1.24. The van der Waals surface area contributed by atoms with E-state index in [1.165, 1.54) is 11.3 Å². The van der Waals surface area contributed by atoms with Gasteiger partial charge in [-0.2, -0.15) is 5.10 Å². The van der Waals surface area contributed by atoms with Crippen LogP contribution in [-0.4, -0.2) is 10.2 Å². The van der Waals surface area contributed by atoms with E-state index in [1.807, 2.05) is 6.20 Å². The van der Waals surface area contributed by atoms with Crippen LogP contribution < -0.4 is 0 Å². The van der Waals surface area contributed by atoms with Gasteiger partial charge in [0, 0.05) is 6.20 Å². The van der Waals surface area contributed by atoms with Gasteiger partial charge < -0.3 is 0 Å². The molecule has 0 aliphatic carbocycles. The maximum Gasteiger partial charge on any atom is 0.0656 e. The number of H-pyrrole nitrogens is 1. The van der Waals surface area contributed by atoms with Crippen molar-refractivity contribution in [2.75, 3.05) is 0 Å². The van der Waals surface area contributed by atoms with Crippen LogP contribution in [0.5, 0.6) is 0 Å². The Balaban J connectivity index is 3.02. The van der Waals surface area contributed by atoms with E-state index >= 15 is 0 Å². The molecular formula is C9H16N2. The van der Waals surface area contributed by atoms with Gasteiger partial charge in [0.05, 0.1) is 5.69 Å². The van der Waals surface area contributed by atoms with Gasteiger partial charge in [-0.15, -0.1) is 0 Å². The maximum absolute atomic E-state index is 4.18. The molecule has 1 rings (SSSR count). The van der Waals surface area contributed by atoms with Crippen molar-refractivity contribution >= 4 is 0 Å². The fourth-order valence-corrected chi connectivity index (χ4v) is 1.24. The van der Waals surface area contributed by atoms with Gasteiger partial charge >= 0.3 is 0 Å². The third-order valence-corrected chi connectivity index (χ3v) is 1.86. The lowest BCUT2D eigenvalue weighted by Crippen LogP contribution is -2.12. The lowest BCUT2D eigenvalue weighted by atomic mass is 9.87. The lowest BCUT2D eigenvalue weighted by molar-refractivity contribution is 0.583. The highest BCUT2D eigenvalue weighted by molar-refractivity contribution is 5.24. The number of hydrogen-bond donors (Lipinski definition) is 1. The highest BCUT2D eigenvalue weighted by Gasteiger charge is 2.18. The van der Waals surface area contributed by atoms with E-state index in [1.54, 1.807) is 0 Å². The Bertz CT molecular complexity index is 230. The molecule has 0 aromatic carbocycles. The van der Waals surface area contributed by atoms with E-state index in [4.69, 9.17) is 0 Å². The van der Waals surface area contributed by atoms with E-state index < -0.39 is 0 Å². The molecule has 0 aliphatic rings. The molecular weight excluding hydrogens is 136 g/mol.